The van der Waals surface area contributed by atoms with Crippen molar-refractivity contribution in [2.45, 2.75) is 4.90 Å². The summed E-state index contributed by atoms with van der Waals surface area (Å²) < 4.78 is 28.1. The van der Waals surface area contributed by atoms with Crippen LogP contribution in [0, 0.1) is 0 Å². The van der Waals surface area contributed by atoms with Crippen molar-refractivity contribution in [1.29, 1.82) is 0 Å². The van der Waals surface area contributed by atoms with Gasteiger partial charge < -0.3 is 24.4 Å². The van der Waals surface area contributed by atoms with E-state index in [0.29, 0.717) is 37.9 Å². The zero-order valence-electron chi connectivity index (χ0n) is 14.7. The molecule has 1 atom stereocenters. The Bertz CT molecular complexity index is 749. The van der Waals surface area contributed by atoms with Gasteiger partial charge in [0.05, 0.1) is 43.0 Å². The molecule has 0 heterocycles. The van der Waals surface area contributed by atoms with Gasteiger partial charge in [0.2, 0.25) is 0 Å². The van der Waals surface area contributed by atoms with Crippen LogP contribution >= 0.6 is 0 Å². The number of carbonyl (C=O) groups is 1. The van der Waals surface area contributed by atoms with Gasteiger partial charge in [0.1, 0.15) is 23.7 Å². The van der Waals surface area contributed by atoms with Crippen LogP contribution in [0.2, 0.25) is 0 Å². The summed E-state index contributed by atoms with van der Waals surface area (Å²) in [6.45, 7) is 1.68. The third-order valence-corrected chi connectivity index (χ3v) is 4.82. The van der Waals surface area contributed by atoms with Crippen molar-refractivity contribution in [2.75, 3.05) is 38.8 Å². The molecule has 2 rings (SSSR count). The highest BCUT2D eigenvalue weighted by Gasteiger charge is 2.10. The van der Waals surface area contributed by atoms with Crippen molar-refractivity contribution >= 4 is 16.8 Å². The van der Waals surface area contributed by atoms with Gasteiger partial charge in [0.25, 0.3) is 0 Å². The zero-order chi connectivity index (χ0) is 19.5. The lowest BCUT2D eigenvalue weighted by Crippen LogP contribution is -2.13. The van der Waals surface area contributed by atoms with Crippen LogP contribution in [0.4, 0.5) is 0 Å². The minimum atomic E-state index is -1.22. The third kappa shape index (κ3) is 7.38. The summed E-state index contributed by atoms with van der Waals surface area (Å²) in [5, 5.41) is 18.4. The Kier molecular flexibility index (Phi) is 8.76. The predicted octanol–water partition coefficient (Wildman–Crippen LogP) is 2.31. The topological polar surface area (TPSA) is 102 Å². The van der Waals surface area contributed by atoms with E-state index in [4.69, 9.17) is 19.3 Å². The van der Waals surface area contributed by atoms with Gasteiger partial charge in [0, 0.05) is 4.90 Å². The molecule has 0 aliphatic rings. The molecule has 2 N–H and O–H groups in total. The molecule has 0 saturated carbocycles. The quantitative estimate of drug-likeness (QED) is 0.533. The fourth-order valence-corrected chi connectivity index (χ4v) is 3.11. The lowest BCUT2D eigenvalue weighted by Gasteiger charge is -2.09. The molecule has 0 aromatic heterocycles. The lowest BCUT2D eigenvalue weighted by molar-refractivity contribution is 0.0411. The average molecular weight is 394 g/mol. The van der Waals surface area contributed by atoms with E-state index in [1.54, 1.807) is 0 Å². The minimum Gasteiger partial charge on any atom is -0.507 e. The maximum atomic E-state index is 12.0. The van der Waals surface area contributed by atoms with Gasteiger partial charge in [-0.25, -0.2) is 4.79 Å². The molecule has 2 aromatic rings. The third-order valence-electron chi connectivity index (χ3n) is 3.49. The van der Waals surface area contributed by atoms with Gasteiger partial charge >= 0.3 is 5.97 Å². The van der Waals surface area contributed by atoms with E-state index in [-0.39, 0.29) is 17.9 Å². The fourth-order valence-electron chi connectivity index (χ4n) is 2.14. The van der Waals surface area contributed by atoms with Crippen LogP contribution in [0.5, 0.6) is 11.5 Å². The monoisotopic (exact) mass is 394 g/mol. The lowest BCUT2D eigenvalue weighted by atomic mass is 10.2. The average Bonchev–Trinajstić information content (AvgIpc) is 2.68. The largest absolute Gasteiger partial charge is 0.507 e. The Labute approximate surface area is 160 Å². The maximum absolute atomic E-state index is 12.0. The Hall–Kier alpha value is -2.42. The van der Waals surface area contributed by atoms with Crippen molar-refractivity contribution in [1.82, 2.24) is 0 Å². The van der Waals surface area contributed by atoms with Crippen LogP contribution in [0.1, 0.15) is 10.4 Å². The second-order valence-electron chi connectivity index (χ2n) is 5.42. The molecule has 0 aliphatic heterocycles. The summed E-state index contributed by atoms with van der Waals surface area (Å²) in [6.07, 6.45) is 0. The van der Waals surface area contributed by atoms with Gasteiger partial charge in [0.15, 0.2) is 0 Å². The molecule has 0 fully saturated rings. The van der Waals surface area contributed by atoms with Gasteiger partial charge in [-0.1, -0.05) is 18.2 Å². The van der Waals surface area contributed by atoms with E-state index in [0.717, 1.165) is 4.90 Å². The highest BCUT2D eigenvalue weighted by Crippen LogP contribution is 2.22. The second kappa shape index (κ2) is 11.3. The number of aromatic carboxylic acids is 1. The fraction of sp³-hybridized carbons (Fsp3) is 0.316. The van der Waals surface area contributed by atoms with Crippen LogP contribution in [-0.2, 0) is 20.3 Å². The first kappa shape index (κ1) is 20.9. The highest BCUT2D eigenvalue weighted by molar-refractivity contribution is 7.85. The van der Waals surface area contributed by atoms with Crippen LogP contribution < -0.4 is 4.74 Å². The molecule has 2 aromatic carbocycles. The normalized spacial score (nSPS) is 11.9. The van der Waals surface area contributed by atoms with Crippen molar-refractivity contribution < 1.29 is 33.4 Å². The number of phenols is 1. The standard InChI is InChI=1S/C19H22O7S/c20-18-7-6-15(14-17(18)19(21)22)26-11-10-24-8-9-25-12-13-27(23)16-4-2-1-3-5-16/h1-7,14,20H,8-13H2,(H,21,22). The number of carboxylic acids is 1. The first-order valence-electron chi connectivity index (χ1n) is 8.36. The first-order chi connectivity index (χ1) is 13.1. The molecular weight excluding hydrogens is 372 g/mol. The van der Waals surface area contributed by atoms with E-state index in [1.807, 2.05) is 30.3 Å². The van der Waals surface area contributed by atoms with Gasteiger partial charge in [-0.15, -0.1) is 0 Å². The molecule has 0 aliphatic carbocycles. The molecule has 0 radical (unpaired) electrons. The van der Waals surface area contributed by atoms with E-state index in [1.165, 1.54) is 18.2 Å². The predicted molar refractivity (Wildman–Crippen MR) is 99.9 cm³/mol. The Morgan fingerprint density at radius 1 is 0.926 bits per heavy atom. The maximum Gasteiger partial charge on any atom is 0.339 e. The van der Waals surface area contributed by atoms with Crippen LogP contribution in [0.15, 0.2) is 53.4 Å². The molecule has 0 spiro atoms. The molecular formula is C19H22O7S. The smallest absolute Gasteiger partial charge is 0.339 e. The highest BCUT2D eigenvalue weighted by atomic mass is 32.2. The molecule has 0 saturated heterocycles. The SMILES string of the molecule is O=C(O)c1cc(OCCOCCOCCS(=O)c2ccccc2)ccc1O. The van der Waals surface area contributed by atoms with Gasteiger partial charge in [-0.05, 0) is 30.3 Å². The van der Waals surface area contributed by atoms with E-state index < -0.39 is 16.8 Å². The Morgan fingerprint density at radius 2 is 1.59 bits per heavy atom. The molecule has 27 heavy (non-hydrogen) atoms. The molecule has 8 heteroatoms. The summed E-state index contributed by atoms with van der Waals surface area (Å²) in [6, 6.07) is 13.2. The zero-order valence-corrected chi connectivity index (χ0v) is 15.5. The van der Waals surface area contributed by atoms with E-state index in [2.05, 4.69) is 0 Å². The summed E-state index contributed by atoms with van der Waals surface area (Å²) in [4.78, 5) is 11.7. The first-order valence-corrected chi connectivity index (χ1v) is 9.68. The molecule has 1 unspecified atom stereocenters. The van der Waals surface area contributed by atoms with Crippen LogP contribution in [0.3, 0.4) is 0 Å². The minimum absolute atomic E-state index is 0.213. The Balaban J connectivity index is 1.52. The molecule has 7 nitrogen and oxygen atoms in total. The summed E-state index contributed by atoms with van der Waals surface area (Å²) in [7, 11) is -1.07. The second-order valence-corrected chi connectivity index (χ2v) is 6.99. The number of hydrogen-bond donors (Lipinski definition) is 2. The number of benzene rings is 2. The van der Waals surface area contributed by atoms with E-state index >= 15 is 0 Å². The van der Waals surface area contributed by atoms with Crippen molar-refractivity contribution in [3.05, 3.63) is 54.1 Å². The van der Waals surface area contributed by atoms with Gasteiger partial charge in [-0.2, -0.15) is 0 Å². The number of carboxylic acid groups (broad SMARTS) is 1. The van der Waals surface area contributed by atoms with Crippen molar-refractivity contribution in [3.63, 3.8) is 0 Å². The van der Waals surface area contributed by atoms with Crippen molar-refractivity contribution in [2.24, 2.45) is 0 Å². The summed E-state index contributed by atoms with van der Waals surface area (Å²) in [5.41, 5.74) is -0.213. The number of rotatable bonds is 12. The van der Waals surface area contributed by atoms with Crippen molar-refractivity contribution in [3.8, 4) is 11.5 Å². The molecule has 0 bridgehead atoms. The van der Waals surface area contributed by atoms with Gasteiger partial charge in [-0.3, -0.25) is 4.21 Å². The molecule has 0 amide bonds. The summed E-state index contributed by atoms with van der Waals surface area (Å²) >= 11 is 0. The summed E-state index contributed by atoms with van der Waals surface area (Å²) in [5.74, 6) is -0.760. The Morgan fingerprint density at radius 3 is 2.30 bits per heavy atom. The van der Waals surface area contributed by atoms with Crippen LogP contribution in [0.25, 0.3) is 0 Å². The van der Waals surface area contributed by atoms with E-state index in [9.17, 15) is 14.1 Å². The number of hydrogen-bond acceptors (Lipinski definition) is 6. The molecule has 146 valence electrons. The van der Waals surface area contributed by atoms with Crippen LogP contribution in [-0.4, -0.2) is 59.2 Å². The number of aromatic hydroxyl groups is 1. The number of ether oxygens (including phenoxy) is 3.